The minimum Gasteiger partial charge on any atom is -0.483 e. The third kappa shape index (κ3) is 4.11. The minimum atomic E-state index is -3.84. The highest BCUT2D eigenvalue weighted by Gasteiger charge is 2.24. The second-order valence-electron chi connectivity index (χ2n) is 5.56. The Hall–Kier alpha value is -1.27. The summed E-state index contributed by atoms with van der Waals surface area (Å²) in [5, 5.41) is 0. The van der Waals surface area contributed by atoms with Crippen LogP contribution in [0.2, 0.25) is 0 Å². The van der Waals surface area contributed by atoms with E-state index in [1.807, 2.05) is 20.8 Å². The van der Waals surface area contributed by atoms with Gasteiger partial charge in [-0.05, 0) is 30.0 Å². The Morgan fingerprint density at radius 3 is 2.30 bits per heavy atom. The maximum Gasteiger partial charge on any atom is 0.261 e. The Kier molecular flexibility index (Phi) is 4.71. The maximum atomic E-state index is 11.6. The third-order valence-corrected chi connectivity index (χ3v) is 4.18. The number of benzene rings is 1. The summed E-state index contributed by atoms with van der Waals surface area (Å²) in [5.41, 5.74) is 5.77. The van der Waals surface area contributed by atoms with Crippen LogP contribution in [0, 0.1) is 6.92 Å². The van der Waals surface area contributed by atoms with Crippen molar-refractivity contribution in [3.63, 3.8) is 0 Å². The van der Waals surface area contributed by atoms with Crippen LogP contribution in [0.25, 0.3) is 0 Å². The lowest BCUT2D eigenvalue weighted by atomic mass is 9.86. The smallest absolute Gasteiger partial charge is 0.261 e. The van der Waals surface area contributed by atoms with Crippen molar-refractivity contribution in [3.05, 3.63) is 23.3 Å². The van der Waals surface area contributed by atoms with E-state index in [9.17, 15) is 13.2 Å². The average molecular weight is 320 g/mol. The number of hydrogen-bond acceptors (Lipinski definition) is 4. The summed E-state index contributed by atoms with van der Waals surface area (Å²) < 4.78 is 28.5. The summed E-state index contributed by atoms with van der Waals surface area (Å²) >= 11 is 0. The van der Waals surface area contributed by atoms with Gasteiger partial charge in [0.1, 0.15) is 5.75 Å². The van der Waals surface area contributed by atoms with Crippen LogP contribution in [-0.4, -0.2) is 20.9 Å². The molecule has 1 aromatic rings. The molecular weight excluding hydrogens is 302 g/mol. The van der Waals surface area contributed by atoms with Crippen molar-refractivity contribution in [2.45, 2.75) is 38.0 Å². The summed E-state index contributed by atoms with van der Waals surface area (Å²) in [4.78, 5) is 10.9. The molecule has 0 radical (unpaired) electrons. The molecule has 112 valence electrons. The Morgan fingerprint density at radius 1 is 1.35 bits per heavy atom. The Labute approximate surface area is 123 Å². The zero-order valence-electron chi connectivity index (χ0n) is 11.9. The number of carbonyl (C=O) groups is 1. The van der Waals surface area contributed by atoms with Crippen molar-refractivity contribution in [1.29, 1.82) is 0 Å². The van der Waals surface area contributed by atoms with Crippen molar-refractivity contribution >= 4 is 25.6 Å². The van der Waals surface area contributed by atoms with Gasteiger partial charge in [0, 0.05) is 16.2 Å². The van der Waals surface area contributed by atoms with Gasteiger partial charge in [0.2, 0.25) is 0 Å². The van der Waals surface area contributed by atoms with Gasteiger partial charge in [-0.1, -0.05) is 20.8 Å². The van der Waals surface area contributed by atoms with Gasteiger partial charge in [-0.3, -0.25) is 4.79 Å². The van der Waals surface area contributed by atoms with Crippen LogP contribution in [-0.2, 0) is 19.3 Å². The van der Waals surface area contributed by atoms with Gasteiger partial charge >= 0.3 is 0 Å². The molecule has 1 aromatic carbocycles. The van der Waals surface area contributed by atoms with Crippen LogP contribution in [0.15, 0.2) is 17.0 Å². The molecule has 20 heavy (non-hydrogen) atoms. The van der Waals surface area contributed by atoms with E-state index in [4.69, 9.17) is 21.2 Å². The first-order valence-corrected chi connectivity index (χ1v) is 8.24. The molecule has 0 atom stereocenters. The fourth-order valence-electron chi connectivity index (χ4n) is 1.78. The van der Waals surface area contributed by atoms with Crippen LogP contribution >= 0.6 is 10.7 Å². The molecule has 1 rings (SSSR count). The summed E-state index contributed by atoms with van der Waals surface area (Å²) in [6, 6.07) is 3.03. The predicted octanol–water partition coefficient (Wildman–Crippen LogP) is 2.08. The van der Waals surface area contributed by atoms with Crippen molar-refractivity contribution < 1.29 is 17.9 Å². The molecule has 0 aromatic heterocycles. The van der Waals surface area contributed by atoms with Crippen LogP contribution in [0.4, 0.5) is 0 Å². The normalized spacial score (nSPS) is 12.2. The quantitative estimate of drug-likeness (QED) is 0.861. The van der Waals surface area contributed by atoms with E-state index < -0.39 is 15.0 Å². The standard InChI is InChI=1S/C13H18ClNO4S/c1-8-5-10(19-7-12(15)16)9(13(2,3)4)6-11(8)20(14,17)18/h5-6H,7H2,1-4H3,(H2,15,16). The minimum absolute atomic E-state index is 0.0375. The van der Waals surface area contributed by atoms with Gasteiger partial charge in [-0.25, -0.2) is 8.42 Å². The Balaban J connectivity index is 3.45. The highest BCUT2D eigenvalue weighted by molar-refractivity contribution is 8.13. The van der Waals surface area contributed by atoms with Gasteiger partial charge in [-0.2, -0.15) is 0 Å². The molecule has 0 bridgehead atoms. The molecule has 0 saturated carbocycles. The predicted molar refractivity (Wildman–Crippen MR) is 77.6 cm³/mol. The number of primary amides is 1. The fourth-order valence-corrected chi connectivity index (χ4v) is 2.98. The molecule has 0 heterocycles. The molecule has 0 spiro atoms. The molecule has 2 N–H and O–H groups in total. The largest absolute Gasteiger partial charge is 0.483 e. The lowest BCUT2D eigenvalue weighted by molar-refractivity contribution is -0.119. The third-order valence-electron chi connectivity index (χ3n) is 2.72. The molecular formula is C13H18ClNO4S. The van der Waals surface area contributed by atoms with E-state index in [-0.39, 0.29) is 16.9 Å². The molecule has 0 fully saturated rings. The summed E-state index contributed by atoms with van der Waals surface area (Å²) in [7, 11) is 1.58. The van der Waals surface area contributed by atoms with E-state index in [1.165, 1.54) is 6.07 Å². The molecule has 0 unspecified atom stereocenters. The van der Waals surface area contributed by atoms with E-state index in [0.29, 0.717) is 16.9 Å². The number of aryl methyl sites for hydroxylation is 1. The van der Waals surface area contributed by atoms with E-state index >= 15 is 0 Å². The lowest BCUT2D eigenvalue weighted by Crippen LogP contribution is -2.22. The van der Waals surface area contributed by atoms with Gasteiger partial charge in [0.15, 0.2) is 6.61 Å². The zero-order valence-corrected chi connectivity index (χ0v) is 13.4. The number of rotatable bonds is 4. The topological polar surface area (TPSA) is 86.5 Å². The average Bonchev–Trinajstić information content (AvgIpc) is 2.22. The molecule has 0 saturated heterocycles. The van der Waals surface area contributed by atoms with Gasteiger partial charge < -0.3 is 10.5 Å². The number of amides is 1. The monoisotopic (exact) mass is 319 g/mol. The maximum absolute atomic E-state index is 11.6. The molecule has 0 aliphatic carbocycles. The first kappa shape index (κ1) is 16.8. The number of hydrogen-bond donors (Lipinski definition) is 1. The van der Waals surface area contributed by atoms with Crippen molar-refractivity contribution in [2.75, 3.05) is 6.61 Å². The molecule has 1 amide bonds. The Bertz CT molecular complexity index is 633. The van der Waals surface area contributed by atoms with Gasteiger partial charge in [0.05, 0.1) is 4.90 Å². The molecule has 0 aliphatic heterocycles. The lowest BCUT2D eigenvalue weighted by Gasteiger charge is -2.24. The molecule has 7 heteroatoms. The van der Waals surface area contributed by atoms with Crippen LogP contribution < -0.4 is 10.5 Å². The van der Waals surface area contributed by atoms with Crippen LogP contribution in [0.1, 0.15) is 31.9 Å². The van der Waals surface area contributed by atoms with Crippen molar-refractivity contribution in [2.24, 2.45) is 5.73 Å². The number of ether oxygens (including phenoxy) is 1. The Morgan fingerprint density at radius 2 is 1.90 bits per heavy atom. The first-order chi connectivity index (χ1) is 8.93. The van der Waals surface area contributed by atoms with E-state index in [0.717, 1.165) is 0 Å². The number of carbonyl (C=O) groups excluding carboxylic acids is 1. The van der Waals surface area contributed by atoms with E-state index in [1.54, 1.807) is 13.0 Å². The van der Waals surface area contributed by atoms with E-state index in [2.05, 4.69) is 0 Å². The highest BCUT2D eigenvalue weighted by atomic mass is 35.7. The molecule has 0 aliphatic rings. The van der Waals surface area contributed by atoms with Crippen LogP contribution in [0.5, 0.6) is 5.75 Å². The number of nitrogens with two attached hydrogens (primary N) is 1. The van der Waals surface area contributed by atoms with Crippen LogP contribution in [0.3, 0.4) is 0 Å². The first-order valence-electron chi connectivity index (χ1n) is 5.94. The summed E-state index contributed by atoms with van der Waals surface area (Å²) in [5.74, 6) is -0.172. The summed E-state index contributed by atoms with van der Waals surface area (Å²) in [6.45, 7) is 7.05. The second kappa shape index (κ2) is 5.61. The van der Waals surface area contributed by atoms with Crippen molar-refractivity contribution in [3.8, 4) is 5.75 Å². The van der Waals surface area contributed by atoms with Gasteiger partial charge in [-0.15, -0.1) is 0 Å². The summed E-state index contributed by atoms with van der Waals surface area (Å²) in [6.07, 6.45) is 0. The molecule has 5 nitrogen and oxygen atoms in total. The number of halogens is 1. The van der Waals surface area contributed by atoms with Gasteiger partial charge in [0.25, 0.3) is 15.0 Å². The van der Waals surface area contributed by atoms with Crippen molar-refractivity contribution in [1.82, 2.24) is 0 Å². The fraction of sp³-hybridized carbons (Fsp3) is 0.462. The second-order valence-corrected chi connectivity index (χ2v) is 8.09. The highest BCUT2D eigenvalue weighted by Crippen LogP contribution is 2.36. The zero-order chi connectivity index (χ0) is 15.7. The SMILES string of the molecule is Cc1cc(OCC(N)=O)c(C(C)(C)C)cc1S(=O)(=O)Cl.